The lowest BCUT2D eigenvalue weighted by Crippen LogP contribution is -2.38. The Bertz CT molecular complexity index is 677. The molecule has 2 aromatic rings. The molecule has 1 heterocycles. The highest BCUT2D eigenvalue weighted by Gasteiger charge is 2.20. The average Bonchev–Trinajstić information content (AvgIpc) is 2.81. The van der Waals surface area contributed by atoms with E-state index in [9.17, 15) is 9.59 Å². The second kappa shape index (κ2) is 6.05. The van der Waals surface area contributed by atoms with Gasteiger partial charge in [0.2, 0.25) is 0 Å². The quantitative estimate of drug-likeness (QED) is 0.910. The van der Waals surface area contributed by atoms with E-state index in [0.717, 1.165) is 16.1 Å². The van der Waals surface area contributed by atoms with Gasteiger partial charge in [-0.25, -0.2) is 4.98 Å². The average molecular weight is 304 g/mol. The van der Waals surface area contributed by atoms with Gasteiger partial charge >= 0.3 is 5.97 Å². The number of aryl methyl sites for hydroxylation is 2. The molecule has 1 aromatic carbocycles. The highest BCUT2D eigenvalue weighted by Crippen LogP contribution is 2.28. The molecule has 2 rings (SSSR count). The van der Waals surface area contributed by atoms with Gasteiger partial charge in [-0.1, -0.05) is 29.8 Å². The Labute approximate surface area is 126 Å². The molecular formula is C15H16N2O3S. The number of nitrogens with one attached hydrogen (secondary N) is 1. The summed E-state index contributed by atoms with van der Waals surface area (Å²) in [6.45, 7) is 5.18. The van der Waals surface area contributed by atoms with Gasteiger partial charge in [-0.3, -0.25) is 9.59 Å². The zero-order chi connectivity index (χ0) is 15.6. The smallest absolute Gasteiger partial charge is 0.325 e. The molecule has 0 radical (unpaired) electrons. The third-order valence-corrected chi connectivity index (χ3v) is 4.22. The van der Waals surface area contributed by atoms with Crippen LogP contribution in [0.4, 0.5) is 0 Å². The standard InChI is InChI=1S/C15H16N2O3S/c1-8-4-6-11(7-5-8)14-17-9(2)12(21-14)13(18)16-10(3)15(19)20/h4-7,10H,1-3H3,(H,16,18)(H,19,20). The van der Waals surface area contributed by atoms with Crippen LogP contribution in [0.2, 0.25) is 0 Å². The van der Waals surface area contributed by atoms with Crippen LogP contribution in [0, 0.1) is 13.8 Å². The largest absolute Gasteiger partial charge is 0.480 e. The highest BCUT2D eigenvalue weighted by atomic mass is 32.1. The van der Waals surface area contributed by atoms with E-state index in [1.165, 1.54) is 18.3 Å². The number of aliphatic carboxylic acids is 1. The molecule has 0 aliphatic heterocycles. The van der Waals surface area contributed by atoms with Crippen molar-refractivity contribution in [1.29, 1.82) is 0 Å². The normalized spacial score (nSPS) is 12.0. The summed E-state index contributed by atoms with van der Waals surface area (Å²) in [4.78, 5) is 27.7. The minimum atomic E-state index is -1.07. The Morgan fingerprint density at radius 2 is 1.86 bits per heavy atom. The van der Waals surface area contributed by atoms with Crippen molar-refractivity contribution in [1.82, 2.24) is 10.3 Å². The SMILES string of the molecule is Cc1ccc(-c2nc(C)c(C(=O)NC(C)C(=O)O)s2)cc1. The van der Waals surface area contributed by atoms with Crippen LogP contribution in [0.25, 0.3) is 10.6 Å². The van der Waals surface area contributed by atoms with Crippen molar-refractivity contribution in [3.8, 4) is 10.6 Å². The van der Waals surface area contributed by atoms with Crippen molar-refractivity contribution in [2.75, 3.05) is 0 Å². The molecule has 1 aromatic heterocycles. The number of hydrogen-bond donors (Lipinski definition) is 2. The minimum Gasteiger partial charge on any atom is -0.480 e. The van der Waals surface area contributed by atoms with Gasteiger partial charge in [0.1, 0.15) is 15.9 Å². The predicted molar refractivity (Wildman–Crippen MR) is 81.6 cm³/mol. The third kappa shape index (κ3) is 3.46. The van der Waals surface area contributed by atoms with Crippen LogP contribution in [0.15, 0.2) is 24.3 Å². The molecule has 21 heavy (non-hydrogen) atoms. The first-order valence-corrected chi connectivity index (χ1v) is 7.28. The number of aromatic nitrogens is 1. The number of rotatable bonds is 4. The van der Waals surface area contributed by atoms with Crippen LogP contribution < -0.4 is 5.32 Å². The van der Waals surface area contributed by atoms with E-state index >= 15 is 0 Å². The maximum absolute atomic E-state index is 12.1. The molecule has 0 aliphatic rings. The minimum absolute atomic E-state index is 0.404. The molecule has 0 saturated carbocycles. The van der Waals surface area contributed by atoms with Crippen molar-refractivity contribution in [2.45, 2.75) is 26.8 Å². The van der Waals surface area contributed by atoms with Gasteiger partial charge in [-0.05, 0) is 20.8 Å². The zero-order valence-corrected chi connectivity index (χ0v) is 12.8. The van der Waals surface area contributed by atoms with E-state index in [1.54, 1.807) is 6.92 Å². The van der Waals surface area contributed by atoms with Gasteiger partial charge in [0.25, 0.3) is 5.91 Å². The number of carbonyl (C=O) groups is 2. The second-order valence-corrected chi connectivity index (χ2v) is 5.83. The molecule has 0 bridgehead atoms. The lowest BCUT2D eigenvalue weighted by atomic mass is 10.2. The maximum atomic E-state index is 12.1. The second-order valence-electron chi connectivity index (χ2n) is 4.83. The monoisotopic (exact) mass is 304 g/mol. The van der Waals surface area contributed by atoms with E-state index in [-0.39, 0.29) is 0 Å². The van der Waals surface area contributed by atoms with Crippen LogP contribution in [0.5, 0.6) is 0 Å². The summed E-state index contributed by atoms with van der Waals surface area (Å²) in [5, 5.41) is 12.0. The Balaban J connectivity index is 2.25. The number of carbonyl (C=O) groups excluding carboxylic acids is 1. The number of benzene rings is 1. The van der Waals surface area contributed by atoms with Crippen LogP contribution in [0.1, 0.15) is 27.9 Å². The van der Waals surface area contributed by atoms with Gasteiger partial charge in [0.15, 0.2) is 0 Å². The molecule has 6 heteroatoms. The molecule has 2 N–H and O–H groups in total. The fraction of sp³-hybridized carbons (Fsp3) is 0.267. The molecular weight excluding hydrogens is 288 g/mol. The summed E-state index contributed by atoms with van der Waals surface area (Å²) < 4.78 is 0. The molecule has 1 amide bonds. The predicted octanol–water partition coefficient (Wildman–Crippen LogP) is 2.63. The molecule has 110 valence electrons. The topological polar surface area (TPSA) is 79.3 Å². The van der Waals surface area contributed by atoms with E-state index in [0.29, 0.717) is 10.6 Å². The number of carboxylic acid groups (broad SMARTS) is 1. The first-order chi connectivity index (χ1) is 9.88. The number of thiazole rings is 1. The molecule has 0 saturated heterocycles. The lowest BCUT2D eigenvalue weighted by molar-refractivity contribution is -0.138. The molecule has 0 spiro atoms. The summed E-state index contributed by atoms with van der Waals surface area (Å²) in [7, 11) is 0. The number of hydrogen-bond acceptors (Lipinski definition) is 4. The van der Waals surface area contributed by atoms with E-state index in [4.69, 9.17) is 5.11 Å². The molecule has 1 unspecified atom stereocenters. The van der Waals surface area contributed by atoms with Gasteiger partial charge in [-0.2, -0.15) is 0 Å². The summed E-state index contributed by atoms with van der Waals surface area (Å²) in [5.41, 5.74) is 2.70. The number of nitrogens with zero attached hydrogens (tertiary/aromatic N) is 1. The first kappa shape index (κ1) is 15.2. The van der Waals surface area contributed by atoms with Gasteiger partial charge in [-0.15, -0.1) is 11.3 Å². The maximum Gasteiger partial charge on any atom is 0.325 e. The lowest BCUT2D eigenvalue weighted by Gasteiger charge is -2.07. The van der Waals surface area contributed by atoms with Crippen LogP contribution in [0.3, 0.4) is 0 Å². The summed E-state index contributed by atoms with van der Waals surface area (Å²) >= 11 is 1.26. The fourth-order valence-electron chi connectivity index (χ4n) is 1.75. The molecule has 0 aliphatic carbocycles. The van der Waals surface area contributed by atoms with Crippen LogP contribution in [-0.4, -0.2) is 28.0 Å². The van der Waals surface area contributed by atoms with Gasteiger partial charge in [0, 0.05) is 5.56 Å². The zero-order valence-electron chi connectivity index (χ0n) is 12.0. The number of carboxylic acids is 1. The van der Waals surface area contributed by atoms with E-state index in [2.05, 4.69) is 10.3 Å². The van der Waals surface area contributed by atoms with E-state index in [1.807, 2.05) is 31.2 Å². The van der Waals surface area contributed by atoms with Crippen LogP contribution >= 0.6 is 11.3 Å². The van der Waals surface area contributed by atoms with Crippen molar-refractivity contribution in [2.24, 2.45) is 0 Å². The van der Waals surface area contributed by atoms with E-state index < -0.39 is 17.9 Å². The first-order valence-electron chi connectivity index (χ1n) is 6.46. The number of amides is 1. The Hall–Kier alpha value is -2.21. The van der Waals surface area contributed by atoms with Crippen molar-refractivity contribution < 1.29 is 14.7 Å². The third-order valence-electron chi connectivity index (χ3n) is 3.02. The van der Waals surface area contributed by atoms with Crippen molar-refractivity contribution in [3.63, 3.8) is 0 Å². The fourth-order valence-corrected chi connectivity index (χ4v) is 2.73. The Morgan fingerprint density at radius 1 is 1.24 bits per heavy atom. The van der Waals surface area contributed by atoms with Crippen LogP contribution in [-0.2, 0) is 4.79 Å². The molecule has 5 nitrogen and oxygen atoms in total. The van der Waals surface area contributed by atoms with Gasteiger partial charge in [0.05, 0.1) is 5.69 Å². The summed E-state index contributed by atoms with van der Waals surface area (Å²) in [5.74, 6) is -1.47. The summed E-state index contributed by atoms with van der Waals surface area (Å²) in [6.07, 6.45) is 0. The molecule has 0 fully saturated rings. The Kier molecular flexibility index (Phi) is 4.37. The highest BCUT2D eigenvalue weighted by molar-refractivity contribution is 7.17. The van der Waals surface area contributed by atoms with Crippen molar-refractivity contribution >= 4 is 23.2 Å². The van der Waals surface area contributed by atoms with Crippen molar-refractivity contribution in [3.05, 3.63) is 40.4 Å². The summed E-state index contributed by atoms with van der Waals surface area (Å²) in [6, 6.07) is 6.95. The molecule has 1 atom stereocenters. The van der Waals surface area contributed by atoms with Gasteiger partial charge < -0.3 is 10.4 Å². The Morgan fingerprint density at radius 3 is 2.43 bits per heavy atom.